The number of amides is 2. The number of piperidine rings is 1. The van der Waals surface area contributed by atoms with Crippen molar-refractivity contribution in [1.82, 2.24) is 19.7 Å². The maximum atomic E-state index is 12.6. The van der Waals surface area contributed by atoms with Gasteiger partial charge in [0.25, 0.3) is 5.91 Å². The Labute approximate surface area is 174 Å². The van der Waals surface area contributed by atoms with E-state index >= 15 is 0 Å². The molecule has 8 heteroatoms. The van der Waals surface area contributed by atoms with Gasteiger partial charge in [-0.05, 0) is 61.8 Å². The van der Waals surface area contributed by atoms with Crippen LogP contribution in [0.5, 0.6) is 0 Å². The Morgan fingerprint density at radius 2 is 1.97 bits per heavy atom. The zero-order valence-corrected chi connectivity index (χ0v) is 16.6. The Morgan fingerprint density at radius 1 is 1.13 bits per heavy atom. The van der Waals surface area contributed by atoms with E-state index in [9.17, 15) is 9.59 Å². The number of benzene rings is 1. The van der Waals surface area contributed by atoms with E-state index in [1.165, 1.54) is 0 Å². The monoisotopic (exact) mass is 404 g/mol. The second kappa shape index (κ2) is 8.87. The largest absolute Gasteiger partial charge is 0.369 e. The Hall–Kier alpha value is -3.52. The smallest absolute Gasteiger partial charge is 0.257 e. The third-order valence-electron chi connectivity index (χ3n) is 5.33. The number of carbonyl (C=O) groups is 2. The Morgan fingerprint density at radius 3 is 2.63 bits per heavy atom. The highest BCUT2D eigenvalue weighted by atomic mass is 16.2. The molecular weight excluding hydrogens is 380 g/mol. The number of aromatic nitrogens is 3. The molecule has 30 heavy (non-hydrogen) atoms. The third-order valence-corrected chi connectivity index (χ3v) is 5.33. The summed E-state index contributed by atoms with van der Waals surface area (Å²) in [5.41, 5.74) is 7.73. The van der Waals surface area contributed by atoms with Crippen LogP contribution in [-0.4, -0.2) is 44.6 Å². The van der Waals surface area contributed by atoms with Crippen LogP contribution in [0.3, 0.4) is 0 Å². The molecule has 8 nitrogen and oxygen atoms in total. The fourth-order valence-corrected chi connectivity index (χ4v) is 3.64. The summed E-state index contributed by atoms with van der Waals surface area (Å²) in [5.74, 6) is 0.222. The summed E-state index contributed by atoms with van der Waals surface area (Å²) >= 11 is 0. The molecule has 0 bridgehead atoms. The minimum Gasteiger partial charge on any atom is -0.369 e. The van der Waals surface area contributed by atoms with Gasteiger partial charge in [-0.3, -0.25) is 14.5 Å². The van der Waals surface area contributed by atoms with Crippen molar-refractivity contribution in [2.24, 2.45) is 11.7 Å². The highest BCUT2D eigenvalue weighted by Gasteiger charge is 2.23. The molecule has 1 aliphatic rings. The molecule has 1 aliphatic heterocycles. The summed E-state index contributed by atoms with van der Waals surface area (Å²) in [6.07, 6.45) is 6.61. The van der Waals surface area contributed by atoms with Gasteiger partial charge in [-0.25, -0.2) is 9.67 Å². The molecule has 4 rings (SSSR count). The number of nitrogens with zero attached hydrogens (tertiary/aromatic N) is 4. The van der Waals surface area contributed by atoms with Crippen LogP contribution < -0.4 is 11.1 Å². The van der Waals surface area contributed by atoms with Gasteiger partial charge in [0.15, 0.2) is 5.82 Å². The van der Waals surface area contributed by atoms with Crippen LogP contribution in [0.2, 0.25) is 0 Å². The van der Waals surface area contributed by atoms with Crippen molar-refractivity contribution in [2.45, 2.75) is 19.4 Å². The van der Waals surface area contributed by atoms with Crippen molar-refractivity contribution in [2.75, 3.05) is 18.4 Å². The van der Waals surface area contributed by atoms with Crippen LogP contribution in [0.15, 0.2) is 61.1 Å². The van der Waals surface area contributed by atoms with Gasteiger partial charge in [-0.2, -0.15) is 5.10 Å². The van der Waals surface area contributed by atoms with E-state index in [2.05, 4.69) is 20.3 Å². The molecule has 1 fully saturated rings. The fourth-order valence-electron chi connectivity index (χ4n) is 3.64. The van der Waals surface area contributed by atoms with Crippen LogP contribution in [0.1, 0.15) is 28.8 Å². The molecule has 1 aromatic carbocycles. The second-order valence-electron chi connectivity index (χ2n) is 7.46. The molecule has 0 atom stereocenters. The first-order chi connectivity index (χ1) is 14.6. The molecule has 0 radical (unpaired) electrons. The molecule has 0 saturated carbocycles. The number of likely N-dealkylation sites (tertiary alicyclic amines) is 1. The number of nitrogens with one attached hydrogen (secondary N) is 1. The molecule has 0 unspecified atom stereocenters. The molecule has 3 heterocycles. The minimum atomic E-state index is -0.214. The lowest BCUT2D eigenvalue weighted by molar-refractivity contribution is -0.123. The van der Waals surface area contributed by atoms with Crippen molar-refractivity contribution in [3.63, 3.8) is 0 Å². The van der Waals surface area contributed by atoms with Crippen molar-refractivity contribution in [1.29, 1.82) is 0 Å². The standard InChI is InChI=1S/C22H24N6O2/c23-21(29)17-7-11-27(12-8-17)15-16-3-1-4-19(13-16)26-22(30)18-5-6-20(24-14-18)28-10-2-9-25-28/h1-6,9-10,13-14,17H,7-8,11-12,15H2,(H2,23,29)(H,26,30). The Kier molecular flexibility index (Phi) is 5.85. The van der Waals surface area contributed by atoms with Gasteiger partial charge < -0.3 is 11.1 Å². The quantitative estimate of drug-likeness (QED) is 0.655. The molecule has 3 aromatic rings. The van der Waals surface area contributed by atoms with Gasteiger partial charge >= 0.3 is 0 Å². The molecule has 0 spiro atoms. The first-order valence-corrected chi connectivity index (χ1v) is 9.96. The number of nitrogens with two attached hydrogens (primary N) is 1. The van der Waals surface area contributed by atoms with Gasteiger partial charge in [-0.15, -0.1) is 0 Å². The van der Waals surface area contributed by atoms with Crippen LogP contribution >= 0.6 is 0 Å². The van der Waals surface area contributed by atoms with Gasteiger partial charge in [0, 0.05) is 36.7 Å². The van der Waals surface area contributed by atoms with Crippen molar-refractivity contribution in [3.05, 3.63) is 72.2 Å². The van der Waals surface area contributed by atoms with Crippen LogP contribution in [-0.2, 0) is 11.3 Å². The number of rotatable bonds is 6. The summed E-state index contributed by atoms with van der Waals surface area (Å²) in [6.45, 7) is 2.46. The predicted molar refractivity (Wildman–Crippen MR) is 113 cm³/mol. The number of anilines is 1. The highest BCUT2D eigenvalue weighted by Crippen LogP contribution is 2.20. The van der Waals surface area contributed by atoms with E-state index < -0.39 is 0 Å². The maximum absolute atomic E-state index is 12.6. The van der Waals surface area contributed by atoms with Crippen molar-refractivity contribution in [3.8, 4) is 5.82 Å². The number of hydrogen-bond donors (Lipinski definition) is 2. The molecule has 0 aliphatic carbocycles. The van der Waals surface area contributed by atoms with E-state index in [0.29, 0.717) is 11.4 Å². The van der Waals surface area contributed by atoms with E-state index in [-0.39, 0.29) is 17.7 Å². The van der Waals surface area contributed by atoms with Crippen LogP contribution in [0, 0.1) is 5.92 Å². The summed E-state index contributed by atoms with van der Waals surface area (Å²) in [5, 5.41) is 7.06. The number of primary amides is 1. The number of carbonyl (C=O) groups excluding carboxylic acids is 2. The molecule has 3 N–H and O–H groups in total. The van der Waals surface area contributed by atoms with Crippen molar-refractivity contribution >= 4 is 17.5 Å². The SMILES string of the molecule is NC(=O)C1CCN(Cc2cccc(NC(=O)c3ccc(-n4cccn4)nc3)c2)CC1. The fraction of sp³-hybridized carbons (Fsp3) is 0.273. The summed E-state index contributed by atoms with van der Waals surface area (Å²) in [6, 6.07) is 13.1. The zero-order chi connectivity index (χ0) is 20.9. The van der Waals surface area contributed by atoms with Crippen LogP contribution in [0.4, 0.5) is 5.69 Å². The lowest BCUT2D eigenvalue weighted by atomic mass is 9.96. The predicted octanol–water partition coefficient (Wildman–Crippen LogP) is 2.22. The molecule has 154 valence electrons. The van der Waals surface area contributed by atoms with Gasteiger partial charge in [0.2, 0.25) is 5.91 Å². The van der Waals surface area contributed by atoms with E-state index in [4.69, 9.17) is 5.73 Å². The molecular formula is C22H24N6O2. The van der Waals surface area contributed by atoms with Crippen molar-refractivity contribution < 1.29 is 9.59 Å². The van der Waals surface area contributed by atoms with E-state index in [1.54, 1.807) is 35.4 Å². The zero-order valence-electron chi connectivity index (χ0n) is 16.6. The average molecular weight is 404 g/mol. The van der Waals surface area contributed by atoms with Gasteiger partial charge in [-0.1, -0.05) is 12.1 Å². The highest BCUT2D eigenvalue weighted by molar-refractivity contribution is 6.04. The van der Waals surface area contributed by atoms with Gasteiger partial charge in [0.05, 0.1) is 5.56 Å². The average Bonchev–Trinajstić information content (AvgIpc) is 3.29. The summed E-state index contributed by atoms with van der Waals surface area (Å²) < 4.78 is 1.64. The lowest BCUT2D eigenvalue weighted by Crippen LogP contribution is -2.38. The van der Waals surface area contributed by atoms with Gasteiger partial charge in [0.1, 0.15) is 0 Å². The molecule has 1 saturated heterocycles. The molecule has 2 aromatic heterocycles. The van der Waals surface area contributed by atoms with E-state index in [1.807, 2.05) is 30.3 Å². The normalized spacial score (nSPS) is 15.1. The second-order valence-corrected chi connectivity index (χ2v) is 7.46. The topological polar surface area (TPSA) is 106 Å². The number of pyridine rings is 1. The summed E-state index contributed by atoms with van der Waals surface area (Å²) in [7, 11) is 0. The first kappa shape index (κ1) is 19.8. The Balaban J connectivity index is 1.36. The first-order valence-electron chi connectivity index (χ1n) is 9.96. The third kappa shape index (κ3) is 4.72. The number of hydrogen-bond acceptors (Lipinski definition) is 5. The maximum Gasteiger partial charge on any atom is 0.257 e. The van der Waals surface area contributed by atoms with E-state index in [0.717, 1.165) is 43.7 Å². The minimum absolute atomic E-state index is 0.0137. The summed E-state index contributed by atoms with van der Waals surface area (Å²) in [4.78, 5) is 30.5. The Bertz CT molecular complexity index is 1010. The molecule has 2 amide bonds. The van der Waals surface area contributed by atoms with Crippen LogP contribution in [0.25, 0.3) is 5.82 Å². The lowest BCUT2D eigenvalue weighted by Gasteiger charge is -2.30.